The van der Waals surface area contributed by atoms with Crippen molar-refractivity contribution < 1.29 is 23.9 Å². The van der Waals surface area contributed by atoms with Gasteiger partial charge in [-0.1, -0.05) is 31.5 Å². The van der Waals surface area contributed by atoms with Crippen molar-refractivity contribution in [3.63, 3.8) is 0 Å². The smallest absolute Gasteiger partial charge is 0.308 e. The van der Waals surface area contributed by atoms with Crippen LogP contribution in [0.1, 0.15) is 46.0 Å². The molecule has 0 aliphatic heterocycles. The van der Waals surface area contributed by atoms with Crippen LogP contribution in [0.25, 0.3) is 0 Å². The van der Waals surface area contributed by atoms with Crippen molar-refractivity contribution in [2.45, 2.75) is 26.7 Å². The standard InChI is InChI=1S/C21H23FN2O4/c1-3-6-15(21(27)28)12-23-19(25)14-10-9-13(2)18(11-14)24-20(26)16-7-4-5-8-17(16)22/h4-5,7-11,15H,3,6,12H2,1-2H3,(H,23,25)(H,24,26)(H,27,28). The molecule has 0 heterocycles. The van der Waals surface area contributed by atoms with Gasteiger partial charge in [-0.05, 0) is 43.2 Å². The number of carboxylic acids is 1. The molecule has 0 saturated heterocycles. The van der Waals surface area contributed by atoms with Gasteiger partial charge in [-0.3, -0.25) is 14.4 Å². The lowest BCUT2D eigenvalue weighted by Crippen LogP contribution is -2.33. The maximum absolute atomic E-state index is 13.8. The summed E-state index contributed by atoms with van der Waals surface area (Å²) in [5.74, 6) is -3.30. The van der Waals surface area contributed by atoms with E-state index in [9.17, 15) is 18.8 Å². The van der Waals surface area contributed by atoms with Crippen molar-refractivity contribution in [1.82, 2.24) is 5.32 Å². The largest absolute Gasteiger partial charge is 0.481 e. The molecule has 3 N–H and O–H groups in total. The normalized spacial score (nSPS) is 11.5. The Kier molecular flexibility index (Phi) is 7.26. The summed E-state index contributed by atoms with van der Waals surface area (Å²) in [6, 6.07) is 10.3. The van der Waals surface area contributed by atoms with Crippen molar-refractivity contribution in [1.29, 1.82) is 0 Å². The molecular formula is C21H23FN2O4. The minimum atomic E-state index is -0.955. The topological polar surface area (TPSA) is 95.5 Å². The molecule has 0 saturated carbocycles. The highest BCUT2D eigenvalue weighted by atomic mass is 19.1. The van der Waals surface area contributed by atoms with E-state index < -0.39 is 29.5 Å². The van der Waals surface area contributed by atoms with Gasteiger partial charge in [0.25, 0.3) is 11.8 Å². The fourth-order valence-corrected chi connectivity index (χ4v) is 2.71. The van der Waals surface area contributed by atoms with E-state index in [0.717, 1.165) is 0 Å². The van der Waals surface area contributed by atoms with Crippen molar-refractivity contribution in [3.8, 4) is 0 Å². The van der Waals surface area contributed by atoms with Crippen LogP contribution in [0.3, 0.4) is 0 Å². The van der Waals surface area contributed by atoms with Crippen molar-refractivity contribution in [3.05, 3.63) is 65.0 Å². The predicted molar refractivity (Wildman–Crippen MR) is 104 cm³/mol. The number of hydrogen-bond donors (Lipinski definition) is 3. The summed E-state index contributed by atoms with van der Waals surface area (Å²) in [4.78, 5) is 35.9. The Morgan fingerprint density at radius 2 is 1.82 bits per heavy atom. The van der Waals surface area contributed by atoms with Crippen molar-refractivity contribution in [2.24, 2.45) is 5.92 Å². The number of rotatable bonds is 8. The van der Waals surface area contributed by atoms with Crippen LogP contribution in [0.5, 0.6) is 0 Å². The van der Waals surface area contributed by atoms with Gasteiger partial charge in [0.15, 0.2) is 0 Å². The van der Waals surface area contributed by atoms with Crippen molar-refractivity contribution >= 4 is 23.5 Å². The Balaban J connectivity index is 2.12. The minimum absolute atomic E-state index is 0.0206. The van der Waals surface area contributed by atoms with E-state index in [-0.39, 0.29) is 17.7 Å². The van der Waals surface area contributed by atoms with Crippen LogP contribution in [0.2, 0.25) is 0 Å². The molecule has 7 heteroatoms. The molecule has 28 heavy (non-hydrogen) atoms. The number of benzene rings is 2. The summed E-state index contributed by atoms with van der Waals surface area (Å²) in [5, 5.41) is 14.4. The minimum Gasteiger partial charge on any atom is -0.481 e. The molecule has 0 aliphatic rings. The van der Waals surface area contributed by atoms with E-state index in [1.807, 2.05) is 6.92 Å². The number of hydrogen-bond acceptors (Lipinski definition) is 3. The number of carbonyl (C=O) groups is 3. The van der Waals surface area contributed by atoms with Crippen LogP contribution in [0, 0.1) is 18.7 Å². The highest BCUT2D eigenvalue weighted by molar-refractivity contribution is 6.05. The predicted octanol–water partition coefficient (Wildman–Crippen LogP) is 3.62. The van der Waals surface area contributed by atoms with E-state index in [1.165, 1.54) is 24.3 Å². The molecule has 148 valence electrons. The first-order valence-corrected chi connectivity index (χ1v) is 9.01. The van der Waals surface area contributed by atoms with E-state index in [0.29, 0.717) is 24.1 Å². The molecule has 0 spiro atoms. The second-order valence-corrected chi connectivity index (χ2v) is 6.50. The molecule has 0 aromatic heterocycles. The molecule has 1 atom stereocenters. The van der Waals surface area contributed by atoms with E-state index >= 15 is 0 Å². The van der Waals surface area contributed by atoms with Gasteiger partial charge in [0.2, 0.25) is 0 Å². The van der Waals surface area contributed by atoms with Gasteiger partial charge in [-0.15, -0.1) is 0 Å². The molecule has 0 fully saturated rings. The zero-order valence-corrected chi connectivity index (χ0v) is 15.8. The highest BCUT2D eigenvalue weighted by Crippen LogP contribution is 2.19. The number of amides is 2. The molecule has 6 nitrogen and oxygen atoms in total. The van der Waals surface area contributed by atoms with Gasteiger partial charge in [0, 0.05) is 17.8 Å². The second kappa shape index (κ2) is 9.64. The Bertz CT molecular complexity index is 882. The summed E-state index contributed by atoms with van der Waals surface area (Å²) < 4.78 is 13.8. The Morgan fingerprint density at radius 1 is 1.11 bits per heavy atom. The van der Waals surface area contributed by atoms with Gasteiger partial charge in [0.05, 0.1) is 11.5 Å². The van der Waals surface area contributed by atoms with Crippen molar-refractivity contribution in [2.75, 3.05) is 11.9 Å². The van der Waals surface area contributed by atoms with Gasteiger partial charge in [-0.2, -0.15) is 0 Å². The van der Waals surface area contributed by atoms with Crippen LogP contribution < -0.4 is 10.6 Å². The number of carboxylic acid groups (broad SMARTS) is 1. The molecule has 2 aromatic rings. The first-order chi connectivity index (χ1) is 13.3. The number of aryl methyl sites for hydroxylation is 1. The maximum Gasteiger partial charge on any atom is 0.308 e. The van der Waals surface area contributed by atoms with Gasteiger partial charge >= 0.3 is 5.97 Å². The summed E-state index contributed by atoms with van der Waals surface area (Å²) >= 11 is 0. The first kappa shape index (κ1) is 21.1. The fraction of sp³-hybridized carbons (Fsp3) is 0.286. The Hall–Kier alpha value is -3.22. The van der Waals surface area contributed by atoms with Crippen LogP contribution in [0.4, 0.5) is 10.1 Å². The molecule has 2 amide bonds. The first-order valence-electron chi connectivity index (χ1n) is 9.01. The second-order valence-electron chi connectivity index (χ2n) is 6.50. The SMILES string of the molecule is CCCC(CNC(=O)c1ccc(C)c(NC(=O)c2ccccc2F)c1)C(=O)O. The molecule has 0 bridgehead atoms. The van der Waals surface area contributed by atoms with Crippen LogP contribution in [-0.4, -0.2) is 29.4 Å². The lowest BCUT2D eigenvalue weighted by molar-refractivity contribution is -0.141. The van der Waals surface area contributed by atoms with E-state index in [4.69, 9.17) is 5.11 Å². The zero-order valence-electron chi connectivity index (χ0n) is 15.8. The average molecular weight is 386 g/mol. The molecule has 2 aromatic carbocycles. The zero-order chi connectivity index (χ0) is 20.7. The molecule has 1 unspecified atom stereocenters. The lowest BCUT2D eigenvalue weighted by atomic mass is 10.0. The van der Waals surface area contributed by atoms with E-state index in [2.05, 4.69) is 10.6 Å². The monoisotopic (exact) mass is 386 g/mol. The van der Waals surface area contributed by atoms with Gasteiger partial charge in [-0.25, -0.2) is 4.39 Å². The maximum atomic E-state index is 13.8. The fourth-order valence-electron chi connectivity index (χ4n) is 2.71. The van der Waals surface area contributed by atoms with Gasteiger partial charge < -0.3 is 15.7 Å². The number of aliphatic carboxylic acids is 1. The van der Waals surface area contributed by atoms with Crippen LogP contribution in [0.15, 0.2) is 42.5 Å². The Labute approximate surface area is 162 Å². The molecular weight excluding hydrogens is 363 g/mol. The lowest BCUT2D eigenvalue weighted by Gasteiger charge is -2.14. The third-order valence-electron chi connectivity index (χ3n) is 4.36. The van der Waals surface area contributed by atoms with Gasteiger partial charge in [0.1, 0.15) is 5.82 Å². The van der Waals surface area contributed by atoms with Crippen LogP contribution >= 0.6 is 0 Å². The van der Waals surface area contributed by atoms with Crippen LogP contribution in [-0.2, 0) is 4.79 Å². The number of halogens is 1. The highest BCUT2D eigenvalue weighted by Gasteiger charge is 2.18. The summed E-state index contributed by atoms with van der Waals surface area (Å²) in [7, 11) is 0. The number of anilines is 1. The number of carbonyl (C=O) groups excluding carboxylic acids is 2. The molecule has 0 radical (unpaired) electrons. The Morgan fingerprint density at radius 3 is 2.46 bits per heavy atom. The number of nitrogens with one attached hydrogen (secondary N) is 2. The average Bonchev–Trinajstić information content (AvgIpc) is 2.66. The third kappa shape index (κ3) is 5.39. The summed E-state index contributed by atoms with van der Waals surface area (Å²) in [6.07, 6.45) is 1.16. The molecule has 2 rings (SSSR count). The van der Waals surface area contributed by atoms with E-state index in [1.54, 1.807) is 25.1 Å². The molecule has 0 aliphatic carbocycles. The quantitative estimate of drug-likeness (QED) is 0.646. The summed E-state index contributed by atoms with van der Waals surface area (Å²) in [6.45, 7) is 3.65. The third-order valence-corrected chi connectivity index (χ3v) is 4.36. The summed E-state index contributed by atoms with van der Waals surface area (Å²) in [5.41, 5.74) is 1.26.